The Morgan fingerprint density at radius 3 is 2.59 bits per heavy atom. The Labute approximate surface area is 138 Å². The monoisotopic (exact) mass is 374 g/mol. The van der Waals surface area contributed by atoms with E-state index in [0.717, 1.165) is 19.6 Å². The Morgan fingerprint density at radius 2 is 2.00 bits per heavy atom. The van der Waals surface area contributed by atoms with Gasteiger partial charge in [-0.3, -0.25) is 9.59 Å². The zero-order chi connectivity index (χ0) is 16.4. The van der Waals surface area contributed by atoms with Crippen LogP contribution in [0.4, 0.5) is 0 Å². The van der Waals surface area contributed by atoms with Crippen LogP contribution in [0.1, 0.15) is 37.2 Å². The molecule has 0 unspecified atom stereocenters. The molecule has 0 aliphatic heterocycles. The Bertz CT molecular complexity index is 474. The molecular weight excluding hydrogens is 352 g/mol. The van der Waals surface area contributed by atoms with Crippen LogP contribution in [0.25, 0.3) is 0 Å². The van der Waals surface area contributed by atoms with Crippen LogP contribution in [-0.2, 0) is 4.79 Å². The summed E-state index contributed by atoms with van der Waals surface area (Å²) in [6, 6.07) is 1.50. The number of carbonyl (C=O) groups is 2. The number of likely N-dealkylation sites (N-methyl/N-ethyl adjacent to an activating group) is 1. The van der Waals surface area contributed by atoms with Gasteiger partial charge in [-0.05, 0) is 35.4 Å². The molecule has 0 bridgehead atoms. The van der Waals surface area contributed by atoms with Crippen LogP contribution < -0.4 is 10.6 Å². The van der Waals surface area contributed by atoms with Crippen molar-refractivity contribution < 1.29 is 14.1 Å². The van der Waals surface area contributed by atoms with Gasteiger partial charge in [0.05, 0.1) is 0 Å². The van der Waals surface area contributed by atoms with Gasteiger partial charge in [0.15, 0.2) is 0 Å². The highest BCUT2D eigenvalue weighted by Crippen LogP contribution is 2.09. The van der Waals surface area contributed by atoms with Crippen LogP contribution in [0.3, 0.4) is 0 Å². The van der Waals surface area contributed by atoms with E-state index in [0.29, 0.717) is 30.5 Å². The number of hydrogen-bond donors (Lipinski definition) is 2. The molecule has 0 radical (unpaired) electrons. The molecule has 1 aromatic heterocycles. The highest BCUT2D eigenvalue weighted by molar-refractivity contribution is 9.10. The predicted molar refractivity (Wildman–Crippen MR) is 86.6 cm³/mol. The van der Waals surface area contributed by atoms with Crippen LogP contribution in [0.15, 0.2) is 15.2 Å². The van der Waals surface area contributed by atoms with Crippen LogP contribution in [0.2, 0.25) is 0 Å². The van der Waals surface area contributed by atoms with E-state index in [1.165, 1.54) is 6.07 Å². The minimum atomic E-state index is -0.333. The molecule has 0 fully saturated rings. The summed E-state index contributed by atoms with van der Waals surface area (Å²) in [5.41, 5.74) is 0. The summed E-state index contributed by atoms with van der Waals surface area (Å²) in [5, 5.41) is 9.12. The number of rotatable bonds is 10. The third-order valence-electron chi connectivity index (χ3n) is 3.22. The fourth-order valence-corrected chi connectivity index (χ4v) is 2.16. The van der Waals surface area contributed by atoms with E-state index in [1.54, 1.807) is 0 Å². The van der Waals surface area contributed by atoms with Gasteiger partial charge < -0.3 is 20.1 Å². The smallest absolute Gasteiger partial charge is 0.289 e. The standard InChI is InChI=1S/C14H23BrN4O3/c1-3-19(4-2)9-8-16-13(20)6-5-7-17-14(21)11-10-12(15)18-22-11/h10H,3-9H2,1-2H3,(H,16,20)(H,17,21). The fourth-order valence-electron chi connectivity index (χ4n) is 1.88. The van der Waals surface area contributed by atoms with Gasteiger partial charge in [-0.2, -0.15) is 0 Å². The van der Waals surface area contributed by atoms with Crippen molar-refractivity contribution >= 4 is 27.7 Å². The van der Waals surface area contributed by atoms with E-state index in [4.69, 9.17) is 4.52 Å². The average molecular weight is 375 g/mol. The summed E-state index contributed by atoms with van der Waals surface area (Å²) in [4.78, 5) is 25.5. The molecule has 0 saturated heterocycles. The summed E-state index contributed by atoms with van der Waals surface area (Å²) in [6.45, 7) is 8.09. The van der Waals surface area contributed by atoms with Gasteiger partial charge in [0.1, 0.15) is 4.60 Å². The van der Waals surface area contributed by atoms with Crippen molar-refractivity contribution in [2.75, 3.05) is 32.7 Å². The Balaban J connectivity index is 2.09. The molecule has 0 aliphatic rings. The van der Waals surface area contributed by atoms with E-state index >= 15 is 0 Å². The number of amides is 2. The maximum atomic E-state index is 11.6. The highest BCUT2D eigenvalue weighted by Gasteiger charge is 2.11. The van der Waals surface area contributed by atoms with Gasteiger partial charge in [0, 0.05) is 32.1 Å². The zero-order valence-electron chi connectivity index (χ0n) is 13.0. The van der Waals surface area contributed by atoms with E-state index in [2.05, 4.69) is 50.5 Å². The van der Waals surface area contributed by atoms with Crippen molar-refractivity contribution in [3.63, 3.8) is 0 Å². The second kappa shape index (κ2) is 10.3. The lowest BCUT2D eigenvalue weighted by Gasteiger charge is -2.17. The first-order valence-corrected chi connectivity index (χ1v) is 8.25. The minimum Gasteiger partial charge on any atom is -0.355 e. The molecular formula is C14H23BrN4O3. The van der Waals surface area contributed by atoms with Gasteiger partial charge in [-0.15, -0.1) is 0 Å². The molecule has 0 atom stereocenters. The first-order valence-electron chi connectivity index (χ1n) is 7.46. The lowest BCUT2D eigenvalue weighted by atomic mass is 10.3. The van der Waals surface area contributed by atoms with Crippen molar-refractivity contribution in [2.24, 2.45) is 0 Å². The molecule has 8 heteroatoms. The molecule has 0 spiro atoms. The Kier molecular flexibility index (Phi) is 8.76. The third-order valence-corrected chi connectivity index (χ3v) is 3.59. The van der Waals surface area contributed by atoms with E-state index < -0.39 is 0 Å². The van der Waals surface area contributed by atoms with Gasteiger partial charge in [-0.25, -0.2) is 0 Å². The van der Waals surface area contributed by atoms with Crippen molar-refractivity contribution in [2.45, 2.75) is 26.7 Å². The van der Waals surface area contributed by atoms with Crippen LogP contribution >= 0.6 is 15.9 Å². The first-order chi connectivity index (χ1) is 10.6. The number of nitrogens with zero attached hydrogens (tertiary/aromatic N) is 2. The van der Waals surface area contributed by atoms with Crippen LogP contribution in [-0.4, -0.2) is 54.6 Å². The summed E-state index contributed by atoms with van der Waals surface area (Å²) < 4.78 is 5.29. The molecule has 1 heterocycles. The molecule has 2 amide bonds. The molecule has 7 nitrogen and oxygen atoms in total. The van der Waals surface area contributed by atoms with E-state index in [-0.39, 0.29) is 17.6 Å². The number of carbonyl (C=O) groups excluding carboxylic acids is 2. The molecule has 1 rings (SSSR count). The SMILES string of the molecule is CCN(CC)CCNC(=O)CCCNC(=O)c1cc(Br)no1. The van der Waals surface area contributed by atoms with Gasteiger partial charge in [-0.1, -0.05) is 19.0 Å². The van der Waals surface area contributed by atoms with Crippen molar-refractivity contribution in [1.82, 2.24) is 20.7 Å². The van der Waals surface area contributed by atoms with Gasteiger partial charge in [0.2, 0.25) is 11.7 Å². The van der Waals surface area contributed by atoms with Crippen molar-refractivity contribution in [3.05, 3.63) is 16.4 Å². The number of nitrogens with one attached hydrogen (secondary N) is 2. The van der Waals surface area contributed by atoms with Crippen molar-refractivity contribution in [3.8, 4) is 0 Å². The lowest BCUT2D eigenvalue weighted by Crippen LogP contribution is -2.35. The molecule has 0 saturated carbocycles. The lowest BCUT2D eigenvalue weighted by molar-refractivity contribution is -0.121. The Morgan fingerprint density at radius 1 is 1.27 bits per heavy atom. The van der Waals surface area contributed by atoms with Gasteiger partial charge >= 0.3 is 0 Å². The second-order valence-electron chi connectivity index (χ2n) is 4.75. The largest absolute Gasteiger partial charge is 0.355 e. The van der Waals surface area contributed by atoms with Gasteiger partial charge in [0.25, 0.3) is 5.91 Å². The van der Waals surface area contributed by atoms with Crippen LogP contribution in [0.5, 0.6) is 0 Å². The highest BCUT2D eigenvalue weighted by atomic mass is 79.9. The quantitative estimate of drug-likeness (QED) is 0.604. The van der Waals surface area contributed by atoms with E-state index in [9.17, 15) is 9.59 Å². The summed E-state index contributed by atoms with van der Waals surface area (Å²) >= 11 is 3.10. The average Bonchev–Trinajstić information content (AvgIpc) is 2.94. The molecule has 0 aromatic carbocycles. The maximum absolute atomic E-state index is 11.6. The van der Waals surface area contributed by atoms with E-state index in [1.807, 2.05) is 0 Å². The normalized spacial score (nSPS) is 10.7. The molecule has 22 heavy (non-hydrogen) atoms. The molecule has 0 aliphatic carbocycles. The minimum absolute atomic E-state index is 0.00353. The number of halogens is 1. The number of aromatic nitrogens is 1. The molecule has 1 aromatic rings. The topological polar surface area (TPSA) is 87.5 Å². The molecule has 2 N–H and O–H groups in total. The Hall–Kier alpha value is -1.41. The fraction of sp³-hybridized carbons (Fsp3) is 0.643. The summed E-state index contributed by atoms with van der Waals surface area (Å²) in [5.74, 6) is -0.181. The maximum Gasteiger partial charge on any atom is 0.289 e. The second-order valence-corrected chi connectivity index (χ2v) is 5.56. The summed E-state index contributed by atoms with van der Waals surface area (Å²) in [7, 11) is 0. The zero-order valence-corrected chi connectivity index (χ0v) is 14.6. The van der Waals surface area contributed by atoms with Crippen LogP contribution in [0, 0.1) is 0 Å². The third kappa shape index (κ3) is 7.04. The first kappa shape index (κ1) is 18.6. The van der Waals surface area contributed by atoms with Crippen molar-refractivity contribution in [1.29, 1.82) is 0 Å². The summed E-state index contributed by atoms with van der Waals surface area (Å²) in [6.07, 6.45) is 0.969. The predicted octanol–water partition coefficient (Wildman–Crippen LogP) is 1.41. The number of hydrogen-bond acceptors (Lipinski definition) is 5. The molecule has 124 valence electrons.